The Labute approximate surface area is 122 Å². The summed E-state index contributed by atoms with van der Waals surface area (Å²) in [5, 5.41) is 14.3. The lowest BCUT2D eigenvalue weighted by atomic mass is 9.91. The summed E-state index contributed by atoms with van der Waals surface area (Å²) in [5.41, 5.74) is 1.47. The van der Waals surface area contributed by atoms with Crippen molar-refractivity contribution in [1.82, 2.24) is 10.3 Å². The molecule has 2 unspecified atom stereocenters. The Kier molecular flexibility index (Phi) is 2.59. The van der Waals surface area contributed by atoms with Crippen molar-refractivity contribution in [2.75, 3.05) is 18.0 Å². The molecule has 3 aliphatic heterocycles. The van der Waals surface area contributed by atoms with Gasteiger partial charge < -0.3 is 10.2 Å². The Balaban J connectivity index is 1.81. The minimum Gasteiger partial charge on any atom is -0.353 e. The van der Waals surface area contributed by atoms with Gasteiger partial charge in [-0.2, -0.15) is 5.26 Å². The van der Waals surface area contributed by atoms with Crippen LogP contribution in [0.25, 0.3) is 10.9 Å². The van der Waals surface area contributed by atoms with E-state index in [4.69, 9.17) is 16.6 Å². The lowest BCUT2D eigenvalue weighted by Gasteiger charge is -2.48. The van der Waals surface area contributed by atoms with Crippen molar-refractivity contribution in [1.29, 1.82) is 5.26 Å². The van der Waals surface area contributed by atoms with Gasteiger partial charge in [-0.25, -0.2) is 4.98 Å². The summed E-state index contributed by atoms with van der Waals surface area (Å²) in [6.07, 6.45) is 1.25. The molecule has 5 rings (SSSR count). The molecule has 0 radical (unpaired) electrons. The van der Waals surface area contributed by atoms with Crippen LogP contribution >= 0.6 is 11.6 Å². The number of nitriles is 1. The van der Waals surface area contributed by atoms with Crippen LogP contribution in [0.2, 0.25) is 5.02 Å². The van der Waals surface area contributed by atoms with Crippen LogP contribution in [0.4, 0.5) is 5.82 Å². The third-order valence-corrected chi connectivity index (χ3v) is 4.36. The maximum absolute atomic E-state index is 9.36. The molecule has 4 heterocycles. The molecule has 3 aliphatic rings. The number of hydrogen-bond acceptors (Lipinski definition) is 4. The second kappa shape index (κ2) is 4.34. The van der Waals surface area contributed by atoms with Gasteiger partial charge in [0.25, 0.3) is 0 Å². The van der Waals surface area contributed by atoms with E-state index in [-0.39, 0.29) is 0 Å². The number of fused-ring (bicyclic) bond motifs is 3. The van der Waals surface area contributed by atoms with Crippen molar-refractivity contribution in [2.45, 2.75) is 18.5 Å². The van der Waals surface area contributed by atoms with Gasteiger partial charge in [-0.15, -0.1) is 0 Å². The van der Waals surface area contributed by atoms with Crippen LogP contribution < -0.4 is 10.2 Å². The van der Waals surface area contributed by atoms with E-state index in [1.807, 2.05) is 18.2 Å². The number of nitrogens with one attached hydrogen (secondary N) is 1. The lowest BCUT2D eigenvalue weighted by Crippen LogP contribution is -2.67. The summed E-state index contributed by atoms with van der Waals surface area (Å²) >= 11 is 6.01. The summed E-state index contributed by atoms with van der Waals surface area (Å²) in [6.45, 7) is 1.93. The topological polar surface area (TPSA) is 52.0 Å². The smallest absolute Gasteiger partial charge is 0.130 e. The molecule has 0 spiro atoms. The standard InChI is InChI=1S/C15H13ClN4/c16-10-1-2-14-13(4-10)9(6-17)3-15(19-14)20-7-11-5-12(8-20)18-11/h1-4,11-12,18H,5,7-8H2. The van der Waals surface area contributed by atoms with Crippen LogP contribution in [-0.4, -0.2) is 30.2 Å². The SMILES string of the molecule is N#Cc1cc(N2CC3CC(C2)N3)nc2ccc(Cl)cc12. The Morgan fingerprint density at radius 2 is 2.05 bits per heavy atom. The first-order valence-corrected chi connectivity index (χ1v) is 7.12. The Morgan fingerprint density at radius 1 is 1.30 bits per heavy atom. The maximum Gasteiger partial charge on any atom is 0.130 e. The molecule has 1 aromatic heterocycles. The van der Waals surface area contributed by atoms with E-state index < -0.39 is 0 Å². The van der Waals surface area contributed by atoms with Gasteiger partial charge in [0, 0.05) is 35.6 Å². The van der Waals surface area contributed by atoms with E-state index in [1.54, 1.807) is 6.07 Å². The molecular weight excluding hydrogens is 272 g/mol. The van der Waals surface area contributed by atoms with Gasteiger partial charge >= 0.3 is 0 Å². The number of hydrogen-bond donors (Lipinski definition) is 1. The van der Waals surface area contributed by atoms with Crippen LogP contribution in [0.3, 0.4) is 0 Å². The van der Waals surface area contributed by atoms with Crippen LogP contribution in [0.5, 0.6) is 0 Å². The molecule has 1 N–H and O–H groups in total. The summed E-state index contributed by atoms with van der Waals surface area (Å²) < 4.78 is 0. The third kappa shape index (κ3) is 1.82. The molecule has 2 atom stereocenters. The van der Waals surface area contributed by atoms with Crippen LogP contribution in [0, 0.1) is 11.3 Å². The monoisotopic (exact) mass is 284 g/mol. The van der Waals surface area contributed by atoms with Gasteiger partial charge in [-0.1, -0.05) is 11.6 Å². The van der Waals surface area contributed by atoms with E-state index in [0.29, 0.717) is 22.7 Å². The molecule has 2 aromatic rings. The van der Waals surface area contributed by atoms with Gasteiger partial charge in [0.2, 0.25) is 0 Å². The number of pyridine rings is 1. The van der Waals surface area contributed by atoms with E-state index in [1.165, 1.54) is 6.42 Å². The van der Waals surface area contributed by atoms with E-state index in [0.717, 1.165) is 29.8 Å². The number of rotatable bonds is 1. The van der Waals surface area contributed by atoms with Crippen molar-refractivity contribution in [3.63, 3.8) is 0 Å². The Bertz CT molecular complexity index is 720. The highest BCUT2D eigenvalue weighted by Crippen LogP contribution is 2.29. The van der Waals surface area contributed by atoms with E-state index in [2.05, 4.69) is 16.3 Å². The van der Waals surface area contributed by atoms with Crippen LogP contribution in [0.1, 0.15) is 12.0 Å². The first-order valence-electron chi connectivity index (χ1n) is 6.74. The molecule has 100 valence electrons. The molecule has 5 heteroatoms. The van der Waals surface area contributed by atoms with Crippen molar-refractivity contribution in [2.24, 2.45) is 0 Å². The zero-order valence-electron chi connectivity index (χ0n) is 10.8. The molecule has 0 aliphatic carbocycles. The largest absolute Gasteiger partial charge is 0.353 e. The lowest BCUT2D eigenvalue weighted by molar-refractivity contribution is 0.225. The second-order valence-corrected chi connectivity index (χ2v) is 5.94. The normalized spacial score (nSPS) is 24.3. The minimum atomic E-state index is 0.571. The van der Waals surface area contributed by atoms with E-state index in [9.17, 15) is 5.26 Å². The highest BCUT2D eigenvalue weighted by molar-refractivity contribution is 6.31. The predicted octanol–water partition coefficient (Wildman–Crippen LogP) is 2.31. The molecular formula is C15H13ClN4. The number of nitrogens with zero attached hydrogens (tertiary/aromatic N) is 3. The molecule has 2 bridgehead atoms. The number of anilines is 1. The fourth-order valence-corrected chi connectivity index (χ4v) is 3.31. The van der Waals surface area contributed by atoms with Crippen molar-refractivity contribution >= 4 is 28.3 Å². The highest BCUT2D eigenvalue weighted by atomic mass is 35.5. The average molecular weight is 285 g/mol. The Morgan fingerprint density at radius 3 is 2.75 bits per heavy atom. The summed E-state index contributed by atoms with van der Waals surface area (Å²) in [5.74, 6) is 0.896. The van der Waals surface area contributed by atoms with Gasteiger partial charge in [0.15, 0.2) is 0 Å². The van der Waals surface area contributed by atoms with E-state index >= 15 is 0 Å². The maximum atomic E-state index is 9.36. The number of aromatic nitrogens is 1. The molecule has 20 heavy (non-hydrogen) atoms. The van der Waals surface area contributed by atoms with Crippen molar-refractivity contribution in [3.05, 3.63) is 34.9 Å². The molecule has 4 nitrogen and oxygen atoms in total. The number of piperidine rings is 1. The third-order valence-electron chi connectivity index (χ3n) is 4.12. The molecule has 0 saturated carbocycles. The molecule has 0 amide bonds. The van der Waals surface area contributed by atoms with Crippen molar-refractivity contribution < 1.29 is 0 Å². The second-order valence-electron chi connectivity index (χ2n) is 5.50. The van der Waals surface area contributed by atoms with Gasteiger partial charge in [-0.3, -0.25) is 0 Å². The molecule has 3 fully saturated rings. The summed E-state index contributed by atoms with van der Waals surface area (Å²) in [6, 6.07) is 10.8. The fraction of sp³-hybridized carbons (Fsp3) is 0.333. The van der Waals surface area contributed by atoms with Gasteiger partial charge in [0.1, 0.15) is 5.82 Å². The number of benzene rings is 1. The van der Waals surface area contributed by atoms with Gasteiger partial charge in [-0.05, 0) is 30.7 Å². The van der Waals surface area contributed by atoms with Crippen LogP contribution in [0.15, 0.2) is 24.3 Å². The first-order chi connectivity index (χ1) is 9.72. The first kappa shape index (κ1) is 12.0. The zero-order valence-corrected chi connectivity index (χ0v) is 11.6. The highest BCUT2D eigenvalue weighted by Gasteiger charge is 2.36. The molecule has 1 aromatic carbocycles. The fourth-order valence-electron chi connectivity index (χ4n) is 3.14. The van der Waals surface area contributed by atoms with Crippen molar-refractivity contribution in [3.8, 4) is 6.07 Å². The average Bonchev–Trinajstić information content (AvgIpc) is 2.45. The number of halogens is 1. The predicted molar refractivity (Wildman–Crippen MR) is 79.0 cm³/mol. The minimum absolute atomic E-state index is 0.571. The summed E-state index contributed by atoms with van der Waals surface area (Å²) in [4.78, 5) is 6.96. The zero-order chi connectivity index (χ0) is 13.7. The Hall–Kier alpha value is -1.83. The van der Waals surface area contributed by atoms with Gasteiger partial charge in [0.05, 0.1) is 17.1 Å². The molecule has 3 saturated heterocycles. The quantitative estimate of drug-likeness (QED) is 0.873. The van der Waals surface area contributed by atoms with Crippen LogP contribution in [-0.2, 0) is 0 Å². The number of piperazine rings is 1. The summed E-state index contributed by atoms with van der Waals surface area (Å²) in [7, 11) is 0.